The van der Waals surface area contributed by atoms with E-state index in [4.69, 9.17) is 17.9 Å². The normalized spacial score (nSPS) is 18.2. The summed E-state index contributed by atoms with van der Waals surface area (Å²) in [5.74, 6) is -1.08. The SMILES string of the molecule is [2H]C(CN)C[C@H](N)C(=O)O. The van der Waals surface area contributed by atoms with Crippen LogP contribution in [0.3, 0.4) is 0 Å². The fraction of sp³-hybridized carbons (Fsp3) is 0.800. The van der Waals surface area contributed by atoms with Gasteiger partial charge in [-0.05, 0) is 19.4 Å². The van der Waals surface area contributed by atoms with Gasteiger partial charge in [0, 0.05) is 1.37 Å². The number of carbonyl (C=O) groups is 1. The van der Waals surface area contributed by atoms with E-state index in [0.29, 0.717) is 0 Å². The number of hydrogen-bond donors (Lipinski definition) is 3. The molecule has 4 heteroatoms. The van der Waals surface area contributed by atoms with E-state index in [9.17, 15) is 4.79 Å². The van der Waals surface area contributed by atoms with Crippen molar-refractivity contribution in [1.82, 2.24) is 0 Å². The fourth-order valence-electron chi connectivity index (χ4n) is 0.377. The number of carboxylic acid groups (broad SMARTS) is 1. The molecular formula is C5H12N2O2. The summed E-state index contributed by atoms with van der Waals surface area (Å²) < 4.78 is 7.08. The lowest BCUT2D eigenvalue weighted by atomic mass is 10.2. The molecule has 0 heterocycles. The van der Waals surface area contributed by atoms with Crippen LogP contribution in [0, 0.1) is 0 Å². The molecule has 4 nitrogen and oxygen atoms in total. The lowest BCUT2D eigenvalue weighted by molar-refractivity contribution is -0.138. The Kier molecular flexibility index (Phi) is 3.10. The first kappa shape index (κ1) is 6.51. The number of aliphatic carboxylic acids is 1. The second kappa shape index (κ2) is 4.29. The summed E-state index contributed by atoms with van der Waals surface area (Å²) in [7, 11) is 0. The molecule has 54 valence electrons. The maximum Gasteiger partial charge on any atom is 0.320 e. The second-order valence-corrected chi connectivity index (χ2v) is 1.70. The molecule has 0 saturated heterocycles. The largest absolute Gasteiger partial charge is 0.480 e. The van der Waals surface area contributed by atoms with Crippen molar-refractivity contribution in [2.75, 3.05) is 6.54 Å². The van der Waals surface area contributed by atoms with Gasteiger partial charge in [-0.15, -0.1) is 0 Å². The zero-order valence-electron chi connectivity index (χ0n) is 6.08. The van der Waals surface area contributed by atoms with Gasteiger partial charge in [0.1, 0.15) is 6.04 Å². The third-order valence-electron chi connectivity index (χ3n) is 0.904. The van der Waals surface area contributed by atoms with E-state index in [1.165, 1.54) is 0 Å². The highest BCUT2D eigenvalue weighted by Crippen LogP contribution is 1.91. The Bertz CT molecular complexity index is 120. The molecule has 1 unspecified atom stereocenters. The third kappa shape index (κ3) is 3.93. The summed E-state index contributed by atoms with van der Waals surface area (Å²) in [5, 5.41) is 8.28. The molecule has 0 amide bonds. The van der Waals surface area contributed by atoms with E-state index in [-0.39, 0.29) is 13.0 Å². The molecule has 0 aliphatic carbocycles. The molecule has 0 aromatic rings. The van der Waals surface area contributed by atoms with Crippen LogP contribution >= 0.6 is 0 Å². The van der Waals surface area contributed by atoms with Crippen LogP contribution in [0.15, 0.2) is 0 Å². The first-order chi connectivity index (χ1) is 4.57. The topological polar surface area (TPSA) is 89.3 Å². The number of nitrogens with two attached hydrogens (primary N) is 2. The van der Waals surface area contributed by atoms with Gasteiger partial charge in [0.15, 0.2) is 0 Å². The van der Waals surface area contributed by atoms with Crippen molar-refractivity contribution in [3.05, 3.63) is 0 Å². The Morgan fingerprint density at radius 3 is 2.78 bits per heavy atom. The van der Waals surface area contributed by atoms with Gasteiger partial charge in [-0.1, -0.05) is 0 Å². The van der Waals surface area contributed by atoms with Gasteiger partial charge < -0.3 is 16.6 Å². The Hall–Kier alpha value is -0.610. The molecule has 0 aliphatic rings. The quantitative estimate of drug-likeness (QED) is 0.465. The van der Waals surface area contributed by atoms with Crippen molar-refractivity contribution < 1.29 is 11.3 Å². The molecule has 9 heavy (non-hydrogen) atoms. The molecule has 0 rings (SSSR count). The molecular weight excluding hydrogens is 120 g/mol. The summed E-state index contributed by atoms with van der Waals surface area (Å²) in [5.41, 5.74) is 10.2. The van der Waals surface area contributed by atoms with Crippen molar-refractivity contribution in [2.45, 2.75) is 18.9 Å². The minimum atomic E-state index is -1.08. The van der Waals surface area contributed by atoms with Gasteiger partial charge in [0.05, 0.1) is 0 Å². The second-order valence-electron chi connectivity index (χ2n) is 1.70. The molecule has 0 aliphatic heterocycles. The van der Waals surface area contributed by atoms with Crippen LogP contribution in [0.1, 0.15) is 14.2 Å². The average Bonchev–Trinajstić information content (AvgIpc) is 1.87. The van der Waals surface area contributed by atoms with Gasteiger partial charge >= 0.3 is 5.97 Å². The van der Waals surface area contributed by atoms with Gasteiger partial charge in [-0.2, -0.15) is 0 Å². The first-order valence-corrected chi connectivity index (χ1v) is 2.68. The predicted octanol–water partition coefficient (Wildman–Crippen LogP) is -0.863. The Morgan fingerprint density at radius 1 is 1.89 bits per heavy atom. The van der Waals surface area contributed by atoms with Crippen molar-refractivity contribution in [1.29, 1.82) is 0 Å². The lowest BCUT2D eigenvalue weighted by Gasteiger charge is -2.02. The first-order valence-electron chi connectivity index (χ1n) is 3.26. The molecule has 0 radical (unpaired) electrons. The molecule has 2 atom stereocenters. The predicted molar refractivity (Wildman–Crippen MR) is 33.9 cm³/mol. The average molecular weight is 133 g/mol. The Labute approximate surface area is 55.2 Å². The van der Waals surface area contributed by atoms with Crippen LogP contribution in [-0.2, 0) is 4.79 Å². The highest BCUT2D eigenvalue weighted by molar-refractivity contribution is 5.72. The van der Waals surface area contributed by atoms with Gasteiger partial charge in [-0.25, -0.2) is 0 Å². The number of carboxylic acids is 1. The van der Waals surface area contributed by atoms with Gasteiger partial charge in [-0.3, -0.25) is 4.79 Å². The monoisotopic (exact) mass is 133 g/mol. The van der Waals surface area contributed by atoms with Crippen molar-refractivity contribution in [2.24, 2.45) is 11.5 Å². The van der Waals surface area contributed by atoms with Crippen molar-refractivity contribution >= 4 is 5.97 Å². The van der Waals surface area contributed by atoms with Gasteiger partial charge in [0.2, 0.25) is 0 Å². The zero-order valence-corrected chi connectivity index (χ0v) is 5.08. The van der Waals surface area contributed by atoms with Crippen LogP contribution in [-0.4, -0.2) is 23.7 Å². The minimum Gasteiger partial charge on any atom is -0.480 e. The Morgan fingerprint density at radius 2 is 2.44 bits per heavy atom. The molecule has 0 aromatic carbocycles. The summed E-state index contributed by atoms with van der Waals surface area (Å²) in [4.78, 5) is 10.1. The maximum atomic E-state index is 10.1. The Balaban J connectivity index is 3.56. The molecule has 0 bridgehead atoms. The summed E-state index contributed by atoms with van der Waals surface area (Å²) in [6, 6.07) is -0.953. The van der Waals surface area contributed by atoms with E-state index in [1.807, 2.05) is 0 Å². The number of rotatable bonds is 4. The maximum absolute atomic E-state index is 10.1. The van der Waals surface area contributed by atoms with E-state index >= 15 is 0 Å². The lowest BCUT2D eigenvalue weighted by Crippen LogP contribution is -2.30. The van der Waals surface area contributed by atoms with Crippen molar-refractivity contribution in [3.63, 3.8) is 0 Å². The van der Waals surface area contributed by atoms with E-state index in [0.717, 1.165) is 0 Å². The van der Waals surface area contributed by atoms with Gasteiger partial charge in [0.25, 0.3) is 0 Å². The fourth-order valence-corrected chi connectivity index (χ4v) is 0.377. The van der Waals surface area contributed by atoms with Crippen LogP contribution in [0.5, 0.6) is 0 Å². The van der Waals surface area contributed by atoms with E-state index in [2.05, 4.69) is 0 Å². The van der Waals surface area contributed by atoms with Crippen molar-refractivity contribution in [3.8, 4) is 0 Å². The summed E-state index contributed by atoms with van der Waals surface area (Å²) >= 11 is 0. The highest BCUT2D eigenvalue weighted by Gasteiger charge is 2.08. The van der Waals surface area contributed by atoms with E-state index < -0.39 is 18.4 Å². The minimum absolute atomic E-state index is 0.117. The summed E-state index contributed by atoms with van der Waals surface area (Å²) in [6.07, 6.45) is -0.447. The molecule has 0 spiro atoms. The molecule has 5 N–H and O–H groups in total. The molecule has 0 saturated carbocycles. The third-order valence-corrected chi connectivity index (χ3v) is 0.904. The zero-order chi connectivity index (χ0) is 8.15. The number of hydrogen-bond acceptors (Lipinski definition) is 3. The standard InChI is InChI=1S/C5H12N2O2/c6-3-1-2-4(7)5(8)9/h4H,1-3,6-7H2,(H,8,9)/t4-/m0/s1/i1D/t1?,4-. The van der Waals surface area contributed by atoms with E-state index in [1.54, 1.807) is 0 Å². The van der Waals surface area contributed by atoms with Crippen LogP contribution < -0.4 is 11.5 Å². The summed E-state index contributed by atoms with van der Waals surface area (Å²) in [6.45, 7) is 0.154. The van der Waals surface area contributed by atoms with Crippen LogP contribution in [0.25, 0.3) is 0 Å². The molecule has 0 fully saturated rings. The van der Waals surface area contributed by atoms with Crippen LogP contribution in [0.4, 0.5) is 0 Å². The van der Waals surface area contributed by atoms with Crippen LogP contribution in [0.2, 0.25) is 0 Å². The highest BCUT2D eigenvalue weighted by atomic mass is 16.4. The smallest absolute Gasteiger partial charge is 0.320 e. The molecule has 0 aromatic heterocycles.